The monoisotopic (exact) mass is 277 g/mol. The van der Waals surface area contributed by atoms with Gasteiger partial charge in [0.25, 0.3) is 10.0 Å². The quantitative estimate of drug-likeness (QED) is 0.643. The van der Waals surface area contributed by atoms with Crippen LogP contribution in [-0.4, -0.2) is 43.5 Å². The fourth-order valence-corrected chi connectivity index (χ4v) is 2.94. The number of sulfonamides is 1. The minimum absolute atomic E-state index is 0.0835. The average molecular weight is 277 g/mol. The zero-order chi connectivity index (χ0) is 13.8. The van der Waals surface area contributed by atoms with Gasteiger partial charge in [-0.05, 0) is 5.92 Å². The van der Waals surface area contributed by atoms with Crippen molar-refractivity contribution in [3.63, 3.8) is 0 Å². The summed E-state index contributed by atoms with van der Waals surface area (Å²) >= 11 is 0. The summed E-state index contributed by atoms with van der Waals surface area (Å²) in [5, 5.41) is 14.9. The molecule has 1 aromatic heterocycles. The molecule has 104 valence electrons. The van der Waals surface area contributed by atoms with Crippen molar-refractivity contribution in [1.82, 2.24) is 14.9 Å². The SMILES string of the molecule is COCC(NS(=O)(=O)c1[nH]ncc1CO)C(C)C. The first-order chi connectivity index (χ1) is 8.42. The summed E-state index contributed by atoms with van der Waals surface area (Å²) in [5.74, 6) is 0.0835. The maximum absolute atomic E-state index is 12.1. The Balaban J connectivity index is 2.93. The number of nitrogens with one attached hydrogen (secondary N) is 2. The zero-order valence-electron chi connectivity index (χ0n) is 10.7. The first-order valence-electron chi connectivity index (χ1n) is 5.56. The fraction of sp³-hybridized carbons (Fsp3) is 0.700. The topological polar surface area (TPSA) is 104 Å². The van der Waals surface area contributed by atoms with E-state index in [4.69, 9.17) is 9.84 Å². The Labute approximate surface area is 107 Å². The highest BCUT2D eigenvalue weighted by Crippen LogP contribution is 2.14. The second-order valence-electron chi connectivity index (χ2n) is 4.31. The van der Waals surface area contributed by atoms with Gasteiger partial charge in [-0.15, -0.1) is 0 Å². The molecule has 0 aliphatic rings. The van der Waals surface area contributed by atoms with E-state index in [1.165, 1.54) is 13.3 Å². The van der Waals surface area contributed by atoms with Gasteiger partial charge in [-0.3, -0.25) is 5.10 Å². The maximum atomic E-state index is 12.1. The molecule has 7 nitrogen and oxygen atoms in total. The number of aromatic nitrogens is 2. The molecule has 0 radical (unpaired) electrons. The van der Waals surface area contributed by atoms with Crippen molar-refractivity contribution in [2.75, 3.05) is 13.7 Å². The highest BCUT2D eigenvalue weighted by atomic mass is 32.2. The first kappa shape index (κ1) is 15.1. The molecule has 0 spiro atoms. The Morgan fingerprint density at radius 2 is 2.22 bits per heavy atom. The van der Waals surface area contributed by atoms with Gasteiger partial charge in [-0.1, -0.05) is 13.8 Å². The standard InChI is InChI=1S/C10H19N3O4S/c1-7(2)9(6-17-3)13-18(15,16)10-8(5-14)4-11-12-10/h4,7,9,13-14H,5-6H2,1-3H3,(H,11,12). The number of rotatable bonds is 7. The number of hydrogen-bond donors (Lipinski definition) is 3. The predicted octanol–water partition coefficient (Wildman–Crippen LogP) is -0.149. The number of hydrogen-bond acceptors (Lipinski definition) is 5. The van der Waals surface area contributed by atoms with Crippen LogP contribution >= 0.6 is 0 Å². The third-order valence-electron chi connectivity index (χ3n) is 2.57. The second-order valence-corrected chi connectivity index (χ2v) is 5.96. The summed E-state index contributed by atoms with van der Waals surface area (Å²) in [6.45, 7) is 3.68. The van der Waals surface area contributed by atoms with Crippen molar-refractivity contribution in [3.05, 3.63) is 11.8 Å². The van der Waals surface area contributed by atoms with Gasteiger partial charge in [0.2, 0.25) is 0 Å². The lowest BCUT2D eigenvalue weighted by Gasteiger charge is -2.21. The number of methoxy groups -OCH3 is 1. The number of aromatic amines is 1. The molecular formula is C10H19N3O4S. The van der Waals surface area contributed by atoms with Crippen LogP contribution in [-0.2, 0) is 21.4 Å². The maximum Gasteiger partial charge on any atom is 0.258 e. The average Bonchev–Trinajstić information content (AvgIpc) is 2.76. The van der Waals surface area contributed by atoms with Gasteiger partial charge in [0.15, 0.2) is 5.03 Å². The van der Waals surface area contributed by atoms with E-state index in [1.807, 2.05) is 13.8 Å². The summed E-state index contributed by atoms with van der Waals surface area (Å²) < 4.78 is 31.7. The van der Waals surface area contributed by atoms with Crippen LogP contribution in [0.3, 0.4) is 0 Å². The largest absolute Gasteiger partial charge is 0.392 e. The lowest BCUT2D eigenvalue weighted by Crippen LogP contribution is -2.42. The van der Waals surface area contributed by atoms with Crippen molar-refractivity contribution in [3.8, 4) is 0 Å². The van der Waals surface area contributed by atoms with Crippen LogP contribution in [0.2, 0.25) is 0 Å². The predicted molar refractivity (Wildman–Crippen MR) is 65.3 cm³/mol. The molecule has 0 bridgehead atoms. The molecular weight excluding hydrogens is 258 g/mol. The fourth-order valence-electron chi connectivity index (χ4n) is 1.44. The summed E-state index contributed by atoms with van der Waals surface area (Å²) in [6, 6.07) is -0.338. The number of aliphatic hydroxyl groups excluding tert-OH is 1. The van der Waals surface area contributed by atoms with E-state index in [-0.39, 0.29) is 35.8 Å². The molecule has 0 amide bonds. The van der Waals surface area contributed by atoms with Crippen LogP contribution in [0.15, 0.2) is 11.2 Å². The van der Waals surface area contributed by atoms with E-state index in [0.717, 1.165) is 0 Å². The van der Waals surface area contributed by atoms with Crippen molar-refractivity contribution in [2.24, 2.45) is 5.92 Å². The second kappa shape index (κ2) is 6.28. The van der Waals surface area contributed by atoms with Crippen molar-refractivity contribution in [2.45, 2.75) is 31.5 Å². The minimum atomic E-state index is -3.73. The van der Waals surface area contributed by atoms with E-state index < -0.39 is 10.0 Å². The molecule has 1 atom stereocenters. The van der Waals surface area contributed by atoms with Crippen LogP contribution < -0.4 is 4.72 Å². The molecule has 3 N–H and O–H groups in total. The molecule has 1 aromatic rings. The van der Waals surface area contributed by atoms with E-state index in [0.29, 0.717) is 0 Å². The lowest BCUT2D eigenvalue weighted by molar-refractivity contribution is 0.157. The van der Waals surface area contributed by atoms with E-state index >= 15 is 0 Å². The molecule has 0 aliphatic heterocycles. The number of H-pyrrole nitrogens is 1. The third-order valence-corrected chi connectivity index (χ3v) is 4.08. The molecule has 18 heavy (non-hydrogen) atoms. The molecule has 0 saturated carbocycles. The summed E-state index contributed by atoms with van der Waals surface area (Å²) in [4.78, 5) is 0. The Morgan fingerprint density at radius 3 is 2.72 bits per heavy atom. The van der Waals surface area contributed by atoms with E-state index in [9.17, 15) is 8.42 Å². The number of nitrogens with zero attached hydrogens (tertiary/aromatic N) is 1. The van der Waals surface area contributed by atoms with Crippen LogP contribution in [0.4, 0.5) is 0 Å². The molecule has 0 saturated heterocycles. The Bertz CT molecular complexity index is 469. The minimum Gasteiger partial charge on any atom is -0.392 e. The smallest absolute Gasteiger partial charge is 0.258 e. The number of ether oxygens (including phenoxy) is 1. The lowest BCUT2D eigenvalue weighted by atomic mass is 10.1. The van der Waals surface area contributed by atoms with Crippen molar-refractivity contribution in [1.29, 1.82) is 0 Å². The molecule has 1 heterocycles. The molecule has 1 unspecified atom stereocenters. The van der Waals surface area contributed by atoms with Gasteiger partial charge < -0.3 is 9.84 Å². The summed E-state index contributed by atoms with van der Waals surface area (Å²) in [5.41, 5.74) is 0.238. The van der Waals surface area contributed by atoms with Crippen LogP contribution in [0.1, 0.15) is 19.4 Å². The van der Waals surface area contributed by atoms with Gasteiger partial charge in [0.05, 0.1) is 19.4 Å². The van der Waals surface area contributed by atoms with Crippen molar-refractivity contribution >= 4 is 10.0 Å². The highest BCUT2D eigenvalue weighted by molar-refractivity contribution is 7.89. The molecule has 1 rings (SSSR count). The van der Waals surface area contributed by atoms with Gasteiger partial charge in [0, 0.05) is 18.7 Å². The molecule has 8 heteroatoms. The molecule has 0 fully saturated rings. The number of aliphatic hydroxyl groups is 1. The highest BCUT2D eigenvalue weighted by Gasteiger charge is 2.25. The Hall–Kier alpha value is -0.960. The molecule has 0 aromatic carbocycles. The summed E-state index contributed by atoms with van der Waals surface area (Å²) in [6.07, 6.45) is 1.29. The molecule has 0 aliphatic carbocycles. The normalized spacial score (nSPS) is 14.1. The van der Waals surface area contributed by atoms with Gasteiger partial charge >= 0.3 is 0 Å². The van der Waals surface area contributed by atoms with Gasteiger partial charge in [0.1, 0.15) is 0 Å². The van der Waals surface area contributed by atoms with E-state index in [1.54, 1.807) is 0 Å². The Morgan fingerprint density at radius 1 is 1.56 bits per heavy atom. The van der Waals surface area contributed by atoms with Gasteiger partial charge in [-0.2, -0.15) is 5.10 Å². The van der Waals surface area contributed by atoms with Crippen LogP contribution in [0.25, 0.3) is 0 Å². The Kier molecular flexibility index (Phi) is 5.27. The van der Waals surface area contributed by atoms with Gasteiger partial charge in [-0.25, -0.2) is 13.1 Å². The van der Waals surface area contributed by atoms with Crippen LogP contribution in [0.5, 0.6) is 0 Å². The van der Waals surface area contributed by atoms with Crippen LogP contribution in [0, 0.1) is 5.92 Å². The van der Waals surface area contributed by atoms with Crippen molar-refractivity contribution < 1.29 is 18.3 Å². The third kappa shape index (κ3) is 3.52. The van der Waals surface area contributed by atoms with E-state index in [2.05, 4.69) is 14.9 Å². The summed E-state index contributed by atoms with van der Waals surface area (Å²) in [7, 11) is -2.22. The zero-order valence-corrected chi connectivity index (χ0v) is 11.5. The first-order valence-corrected chi connectivity index (χ1v) is 7.05.